The van der Waals surface area contributed by atoms with E-state index in [1.807, 2.05) is 24.3 Å². The van der Waals surface area contributed by atoms with Crippen LogP contribution in [0.2, 0.25) is 10.0 Å². The average Bonchev–Trinajstić information content (AvgIpc) is 2.39. The molecule has 18 heavy (non-hydrogen) atoms. The van der Waals surface area contributed by atoms with Crippen LogP contribution in [0.5, 0.6) is 0 Å². The maximum absolute atomic E-state index is 6.38. The van der Waals surface area contributed by atoms with Crippen molar-refractivity contribution in [1.82, 2.24) is 0 Å². The molecule has 0 radical (unpaired) electrons. The molecule has 0 heterocycles. The Morgan fingerprint density at radius 3 is 1.11 bits per heavy atom. The standard InChI is InChI=1S/C14H10Cl4/c15-11-5-1-9(2-6-11)13(17)14(18)10-3-7-12(16)8-4-10/h1-8,13-14H/t13-,14-/m1/s1. The largest absolute Gasteiger partial charge is 0.116 e. The van der Waals surface area contributed by atoms with E-state index in [2.05, 4.69) is 0 Å². The van der Waals surface area contributed by atoms with Crippen molar-refractivity contribution in [2.45, 2.75) is 10.8 Å². The molecule has 2 atom stereocenters. The summed E-state index contributed by atoms with van der Waals surface area (Å²) in [7, 11) is 0. The molecule has 2 aromatic rings. The van der Waals surface area contributed by atoms with Crippen LogP contribution in [0.25, 0.3) is 0 Å². The van der Waals surface area contributed by atoms with Crippen LogP contribution in [0.4, 0.5) is 0 Å². The second kappa shape index (κ2) is 6.16. The van der Waals surface area contributed by atoms with E-state index in [0.717, 1.165) is 11.1 Å². The fourth-order valence-electron chi connectivity index (χ4n) is 1.63. The summed E-state index contributed by atoms with van der Waals surface area (Å²) in [5, 5.41) is 0.732. The van der Waals surface area contributed by atoms with Gasteiger partial charge in [0, 0.05) is 10.0 Å². The van der Waals surface area contributed by atoms with Gasteiger partial charge in [-0.05, 0) is 35.4 Å². The van der Waals surface area contributed by atoms with E-state index in [1.165, 1.54) is 0 Å². The van der Waals surface area contributed by atoms with Crippen molar-refractivity contribution < 1.29 is 0 Å². The first-order chi connectivity index (χ1) is 8.58. The lowest BCUT2D eigenvalue weighted by Crippen LogP contribution is -2.00. The first kappa shape index (κ1) is 14.0. The molecule has 0 aliphatic rings. The molecule has 0 amide bonds. The van der Waals surface area contributed by atoms with Crippen LogP contribution in [0, 0.1) is 0 Å². The van der Waals surface area contributed by atoms with Gasteiger partial charge in [0.2, 0.25) is 0 Å². The molecule has 0 fully saturated rings. The summed E-state index contributed by atoms with van der Waals surface area (Å²) in [6, 6.07) is 14.7. The lowest BCUT2D eigenvalue weighted by Gasteiger charge is -2.17. The van der Waals surface area contributed by atoms with E-state index in [0.29, 0.717) is 10.0 Å². The van der Waals surface area contributed by atoms with Crippen LogP contribution >= 0.6 is 46.4 Å². The molecule has 0 aliphatic heterocycles. The molecule has 2 aromatic carbocycles. The molecular formula is C14H10Cl4. The first-order valence-corrected chi connectivity index (χ1v) is 7.00. The molecule has 0 nitrogen and oxygen atoms in total. The van der Waals surface area contributed by atoms with Gasteiger partial charge >= 0.3 is 0 Å². The van der Waals surface area contributed by atoms with Crippen molar-refractivity contribution in [1.29, 1.82) is 0 Å². The van der Waals surface area contributed by atoms with E-state index in [-0.39, 0.29) is 10.8 Å². The molecule has 0 bridgehead atoms. The second-order valence-corrected chi connectivity index (χ2v) is 5.72. The monoisotopic (exact) mass is 318 g/mol. The molecule has 0 unspecified atom stereocenters. The smallest absolute Gasteiger partial charge is 0.0790 e. The fourth-order valence-corrected chi connectivity index (χ4v) is 2.47. The average molecular weight is 320 g/mol. The van der Waals surface area contributed by atoms with Gasteiger partial charge in [-0.3, -0.25) is 0 Å². The van der Waals surface area contributed by atoms with E-state index >= 15 is 0 Å². The zero-order valence-corrected chi connectivity index (χ0v) is 12.3. The van der Waals surface area contributed by atoms with Crippen LogP contribution in [0.3, 0.4) is 0 Å². The highest BCUT2D eigenvalue weighted by Gasteiger charge is 2.20. The van der Waals surface area contributed by atoms with Gasteiger partial charge in [0.1, 0.15) is 0 Å². The second-order valence-electron chi connectivity index (χ2n) is 3.91. The number of halogens is 4. The fraction of sp³-hybridized carbons (Fsp3) is 0.143. The van der Waals surface area contributed by atoms with Gasteiger partial charge in [-0.1, -0.05) is 47.5 Å². The third-order valence-electron chi connectivity index (χ3n) is 2.63. The minimum Gasteiger partial charge on any atom is -0.116 e. The summed E-state index contributed by atoms with van der Waals surface area (Å²) in [6.45, 7) is 0. The Hall–Kier alpha value is -0.400. The van der Waals surface area contributed by atoms with E-state index < -0.39 is 0 Å². The Morgan fingerprint density at radius 2 is 0.833 bits per heavy atom. The Balaban J connectivity index is 2.20. The summed E-state index contributed by atoms with van der Waals surface area (Å²) >= 11 is 24.4. The van der Waals surface area contributed by atoms with Crippen molar-refractivity contribution >= 4 is 46.4 Å². The third kappa shape index (κ3) is 3.33. The highest BCUT2D eigenvalue weighted by molar-refractivity contribution is 6.31. The zero-order valence-electron chi connectivity index (χ0n) is 9.29. The topological polar surface area (TPSA) is 0 Å². The zero-order chi connectivity index (χ0) is 13.1. The molecule has 0 saturated heterocycles. The van der Waals surface area contributed by atoms with E-state index in [4.69, 9.17) is 46.4 Å². The quantitative estimate of drug-likeness (QED) is 0.586. The number of benzene rings is 2. The van der Waals surface area contributed by atoms with Gasteiger partial charge in [0.25, 0.3) is 0 Å². The Labute approximate surface area is 126 Å². The van der Waals surface area contributed by atoms with E-state index in [1.54, 1.807) is 24.3 Å². The Kier molecular flexibility index (Phi) is 4.80. The van der Waals surface area contributed by atoms with Crippen LogP contribution < -0.4 is 0 Å². The minimum atomic E-state index is -0.315. The number of hydrogen-bond donors (Lipinski definition) is 0. The van der Waals surface area contributed by atoms with Crippen molar-refractivity contribution in [3.8, 4) is 0 Å². The van der Waals surface area contributed by atoms with Crippen molar-refractivity contribution in [3.05, 3.63) is 69.7 Å². The van der Waals surface area contributed by atoms with Crippen LogP contribution in [-0.2, 0) is 0 Å². The summed E-state index contributed by atoms with van der Waals surface area (Å²) in [5.41, 5.74) is 1.88. The normalized spacial score (nSPS) is 14.2. The van der Waals surface area contributed by atoms with Crippen LogP contribution in [0.15, 0.2) is 48.5 Å². The van der Waals surface area contributed by atoms with Crippen molar-refractivity contribution in [3.63, 3.8) is 0 Å². The maximum Gasteiger partial charge on any atom is 0.0790 e. The van der Waals surface area contributed by atoms with Crippen molar-refractivity contribution in [2.24, 2.45) is 0 Å². The van der Waals surface area contributed by atoms with Gasteiger partial charge in [-0.2, -0.15) is 0 Å². The third-order valence-corrected chi connectivity index (χ3v) is 4.27. The Bertz CT molecular complexity index is 455. The molecule has 0 saturated carbocycles. The van der Waals surface area contributed by atoms with Crippen LogP contribution in [0.1, 0.15) is 21.9 Å². The molecule has 0 spiro atoms. The number of hydrogen-bond acceptors (Lipinski definition) is 0. The molecule has 0 aromatic heterocycles. The lowest BCUT2D eigenvalue weighted by atomic mass is 10.0. The Morgan fingerprint density at radius 1 is 0.556 bits per heavy atom. The van der Waals surface area contributed by atoms with Crippen molar-refractivity contribution in [2.75, 3.05) is 0 Å². The van der Waals surface area contributed by atoms with E-state index in [9.17, 15) is 0 Å². The van der Waals surface area contributed by atoms with Gasteiger partial charge in [0.15, 0.2) is 0 Å². The lowest BCUT2D eigenvalue weighted by molar-refractivity contribution is 0.882. The van der Waals surface area contributed by atoms with Crippen LogP contribution in [-0.4, -0.2) is 0 Å². The van der Waals surface area contributed by atoms with Gasteiger partial charge in [-0.15, -0.1) is 23.2 Å². The highest BCUT2D eigenvalue weighted by atomic mass is 35.5. The molecule has 0 N–H and O–H groups in total. The minimum absolute atomic E-state index is 0.315. The summed E-state index contributed by atoms with van der Waals surface area (Å²) in [4.78, 5) is 0. The van der Waals surface area contributed by atoms with Gasteiger partial charge in [0.05, 0.1) is 10.8 Å². The highest BCUT2D eigenvalue weighted by Crippen LogP contribution is 2.39. The predicted octanol–water partition coefficient (Wildman–Crippen LogP) is 6.25. The SMILES string of the molecule is Clc1ccc([C@@H](Cl)[C@H](Cl)c2ccc(Cl)cc2)cc1. The molecule has 4 heteroatoms. The van der Waals surface area contributed by atoms with Gasteiger partial charge < -0.3 is 0 Å². The molecular weight excluding hydrogens is 310 g/mol. The molecule has 2 rings (SSSR count). The molecule has 94 valence electrons. The first-order valence-electron chi connectivity index (χ1n) is 5.37. The maximum atomic E-state index is 6.38. The predicted molar refractivity (Wildman–Crippen MR) is 80.1 cm³/mol. The number of rotatable bonds is 3. The number of alkyl halides is 2. The van der Waals surface area contributed by atoms with Gasteiger partial charge in [-0.25, -0.2) is 0 Å². The summed E-state index contributed by atoms with van der Waals surface area (Å²) in [5.74, 6) is 0. The summed E-state index contributed by atoms with van der Waals surface area (Å²) in [6.07, 6.45) is 0. The summed E-state index contributed by atoms with van der Waals surface area (Å²) < 4.78 is 0. The molecule has 0 aliphatic carbocycles.